The van der Waals surface area contributed by atoms with Gasteiger partial charge in [0.15, 0.2) is 0 Å². The molecule has 1 N–H and O–H groups in total. The Labute approximate surface area is 145 Å². The Hall–Kier alpha value is -1.55. The van der Waals surface area contributed by atoms with Gasteiger partial charge in [-0.1, -0.05) is 18.2 Å². The van der Waals surface area contributed by atoms with Gasteiger partial charge < -0.3 is 15.0 Å². The number of piperidine rings is 1. The van der Waals surface area contributed by atoms with E-state index in [0.717, 1.165) is 39.0 Å². The quantitative estimate of drug-likeness (QED) is 0.851. The molecule has 4 nitrogen and oxygen atoms in total. The van der Waals surface area contributed by atoms with E-state index in [1.54, 1.807) is 0 Å². The van der Waals surface area contributed by atoms with E-state index >= 15 is 0 Å². The van der Waals surface area contributed by atoms with E-state index in [9.17, 15) is 4.79 Å². The highest BCUT2D eigenvalue weighted by Gasteiger charge is 2.27. The molecule has 1 amide bonds. The number of carbonyl (C=O) groups is 1. The van der Waals surface area contributed by atoms with Gasteiger partial charge in [-0.05, 0) is 75.6 Å². The van der Waals surface area contributed by atoms with Crippen LogP contribution in [0.4, 0.5) is 4.79 Å². The molecule has 0 unspecified atom stereocenters. The first-order chi connectivity index (χ1) is 11.4. The second-order valence-electron chi connectivity index (χ2n) is 8.05. The van der Waals surface area contributed by atoms with Gasteiger partial charge in [0.1, 0.15) is 5.60 Å². The number of benzene rings is 1. The van der Waals surface area contributed by atoms with Gasteiger partial charge in [-0.3, -0.25) is 0 Å². The Morgan fingerprint density at radius 2 is 1.96 bits per heavy atom. The van der Waals surface area contributed by atoms with Crippen molar-refractivity contribution in [2.45, 2.75) is 64.5 Å². The zero-order valence-electron chi connectivity index (χ0n) is 15.2. The fraction of sp³-hybridized carbons (Fsp3) is 0.650. The third kappa shape index (κ3) is 4.29. The first-order valence-corrected chi connectivity index (χ1v) is 9.23. The Morgan fingerprint density at radius 1 is 1.21 bits per heavy atom. The average Bonchev–Trinajstić information content (AvgIpc) is 2.78. The summed E-state index contributed by atoms with van der Waals surface area (Å²) in [4.78, 5) is 14.0. The largest absolute Gasteiger partial charge is 0.444 e. The van der Waals surface area contributed by atoms with E-state index in [2.05, 4.69) is 23.5 Å². The van der Waals surface area contributed by atoms with Crippen LogP contribution in [0.25, 0.3) is 0 Å². The minimum Gasteiger partial charge on any atom is -0.444 e. The van der Waals surface area contributed by atoms with E-state index in [1.165, 1.54) is 29.5 Å². The minimum atomic E-state index is -0.419. The topological polar surface area (TPSA) is 41.6 Å². The number of nitrogens with zero attached hydrogens (tertiary/aromatic N) is 1. The second kappa shape index (κ2) is 7.14. The van der Waals surface area contributed by atoms with Gasteiger partial charge in [0.25, 0.3) is 0 Å². The molecule has 132 valence electrons. The number of nitrogens with one attached hydrogen (secondary N) is 1. The molecule has 0 atom stereocenters. The predicted octanol–water partition coefficient (Wildman–Crippen LogP) is 3.84. The summed E-state index contributed by atoms with van der Waals surface area (Å²) in [5.74, 6) is 0.553. The van der Waals surface area contributed by atoms with Gasteiger partial charge in [-0.2, -0.15) is 0 Å². The molecule has 0 saturated carbocycles. The molecule has 1 aromatic carbocycles. The second-order valence-corrected chi connectivity index (χ2v) is 8.05. The summed E-state index contributed by atoms with van der Waals surface area (Å²) in [6, 6.07) is 7.01. The summed E-state index contributed by atoms with van der Waals surface area (Å²) in [6.45, 7) is 9.42. The number of fused-ring (bicyclic) bond motifs is 1. The van der Waals surface area contributed by atoms with E-state index in [4.69, 9.17) is 4.74 Å². The average molecular weight is 330 g/mol. The molecule has 0 spiro atoms. The number of rotatable bonds is 1. The van der Waals surface area contributed by atoms with Gasteiger partial charge in [0.05, 0.1) is 0 Å². The SMILES string of the molecule is CC(C)(C)OC(=O)N1CCC(c2ccc3c(c2)CNCCC3)CC1. The Bertz CT molecular complexity index is 584. The van der Waals surface area contributed by atoms with Crippen LogP contribution in [0.1, 0.15) is 62.6 Å². The van der Waals surface area contributed by atoms with E-state index < -0.39 is 5.60 Å². The first kappa shape index (κ1) is 17.3. The first-order valence-electron chi connectivity index (χ1n) is 9.23. The lowest BCUT2D eigenvalue weighted by atomic mass is 9.87. The van der Waals surface area contributed by atoms with E-state index in [0.29, 0.717) is 5.92 Å². The van der Waals surface area contributed by atoms with Crippen molar-refractivity contribution >= 4 is 6.09 Å². The Kier molecular flexibility index (Phi) is 5.14. The maximum absolute atomic E-state index is 12.2. The highest BCUT2D eigenvalue weighted by molar-refractivity contribution is 5.68. The third-order valence-corrected chi connectivity index (χ3v) is 4.96. The van der Waals surface area contributed by atoms with Crippen molar-refractivity contribution in [1.82, 2.24) is 10.2 Å². The number of amides is 1. The number of carbonyl (C=O) groups excluding carboxylic acids is 1. The summed E-state index contributed by atoms with van der Waals surface area (Å²) in [6.07, 6.45) is 4.27. The molecule has 0 aliphatic carbocycles. The molecular weight excluding hydrogens is 300 g/mol. The van der Waals surface area contributed by atoms with Gasteiger partial charge >= 0.3 is 6.09 Å². The molecule has 3 rings (SSSR count). The number of aryl methyl sites for hydroxylation is 1. The molecular formula is C20H30N2O2. The lowest BCUT2D eigenvalue weighted by Gasteiger charge is -2.33. The van der Waals surface area contributed by atoms with Crippen LogP contribution in [0.3, 0.4) is 0 Å². The van der Waals surface area contributed by atoms with Crippen molar-refractivity contribution < 1.29 is 9.53 Å². The summed E-state index contributed by atoms with van der Waals surface area (Å²) in [5.41, 5.74) is 3.97. The van der Waals surface area contributed by atoms with Gasteiger partial charge in [0, 0.05) is 19.6 Å². The standard InChI is InChI=1S/C20H30N2O2/c1-20(2,3)24-19(23)22-11-8-16(9-12-22)17-7-6-15-5-4-10-21-14-18(15)13-17/h6-7,13,16,21H,4-5,8-12,14H2,1-3H3. The molecule has 1 aromatic rings. The predicted molar refractivity (Wildman–Crippen MR) is 96.3 cm³/mol. The van der Waals surface area contributed by atoms with Crippen molar-refractivity contribution in [2.75, 3.05) is 19.6 Å². The molecule has 1 saturated heterocycles. The van der Waals surface area contributed by atoms with Gasteiger partial charge in [0.2, 0.25) is 0 Å². The molecule has 2 aliphatic heterocycles. The lowest BCUT2D eigenvalue weighted by Crippen LogP contribution is -2.41. The third-order valence-electron chi connectivity index (χ3n) is 4.96. The van der Waals surface area contributed by atoms with Crippen molar-refractivity contribution in [1.29, 1.82) is 0 Å². The van der Waals surface area contributed by atoms with Crippen LogP contribution in [-0.2, 0) is 17.7 Å². The zero-order chi connectivity index (χ0) is 17.2. The van der Waals surface area contributed by atoms with Crippen LogP contribution in [0.5, 0.6) is 0 Å². The number of likely N-dealkylation sites (tertiary alicyclic amines) is 1. The molecule has 0 bridgehead atoms. The van der Waals surface area contributed by atoms with Crippen LogP contribution >= 0.6 is 0 Å². The van der Waals surface area contributed by atoms with Gasteiger partial charge in [-0.25, -0.2) is 4.79 Å². The fourth-order valence-corrected chi connectivity index (χ4v) is 3.66. The van der Waals surface area contributed by atoms with Crippen LogP contribution in [-0.4, -0.2) is 36.2 Å². The van der Waals surface area contributed by atoms with Crippen molar-refractivity contribution in [3.05, 3.63) is 34.9 Å². The fourth-order valence-electron chi connectivity index (χ4n) is 3.66. The maximum atomic E-state index is 12.2. The van der Waals surface area contributed by atoms with E-state index in [-0.39, 0.29) is 6.09 Å². The number of hydrogen-bond acceptors (Lipinski definition) is 3. The molecule has 1 fully saturated rings. The smallest absolute Gasteiger partial charge is 0.410 e. The van der Waals surface area contributed by atoms with Gasteiger partial charge in [-0.15, -0.1) is 0 Å². The van der Waals surface area contributed by atoms with Crippen molar-refractivity contribution in [3.63, 3.8) is 0 Å². The van der Waals surface area contributed by atoms with Crippen LogP contribution in [0.2, 0.25) is 0 Å². The molecule has 24 heavy (non-hydrogen) atoms. The summed E-state index contributed by atoms with van der Waals surface area (Å²) in [7, 11) is 0. The summed E-state index contributed by atoms with van der Waals surface area (Å²) >= 11 is 0. The Balaban J connectivity index is 1.61. The molecule has 2 aliphatic rings. The summed E-state index contributed by atoms with van der Waals surface area (Å²) in [5, 5.41) is 3.51. The monoisotopic (exact) mass is 330 g/mol. The van der Waals surface area contributed by atoms with Crippen LogP contribution in [0, 0.1) is 0 Å². The van der Waals surface area contributed by atoms with E-state index in [1.807, 2.05) is 25.7 Å². The highest BCUT2D eigenvalue weighted by atomic mass is 16.6. The summed E-state index contributed by atoms with van der Waals surface area (Å²) < 4.78 is 5.49. The lowest BCUT2D eigenvalue weighted by molar-refractivity contribution is 0.0205. The molecule has 0 radical (unpaired) electrons. The zero-order valence-corrected chi connectivity index (χ0v) is 15.2. The van der Waals surface area contributed by atoms with Crippen molar-refractivity contribution in [3.8, 4) is 0 Å². The molecule has 2 heterocycles. The normalized spacial score (nSPS) is 19.5. The van der Waals surface area contributed by atoms with Crippen LogP contribution < -0.4 is 5.32 Å². The molecule has 4 heteroatoms. The highest BCUT2D eigenvalue weighted by Crippen LogP contribution is 2.30. The number of ether oxygens (including phenoxy) is 1. The molecule has 0 aromatic heterocycles. The Morgan fingerprint density at radius 3 is 2.67 bits per heavy atom. The van der Waals surface area contributed by atoms with Crippen LogP contribution in [0.15, 0.2) is 18.2 Å². The number of hydrogen-bond donors (Lipinski definition) is 1. The maximum Gasteiger partial charge on any atom is 0.410 e. The minimum absolute atomic E-state index is 0.174. The van der Waals surface area contributed by atoms with Crippen molar-refractivity contribution in [2.24, 2.45) is 0 Å².